The molecule has 0 spiro atoms. The van der Waals surface area contributed by atoms with Gasteiger partial charge >= 0.3 is 0 Å². The van der Waals surface area contributed by atoms with Crippen molar-refractivity contribution in [3.05, 3.63) is 6.33 Å². The van der Waals surface area contributed by atoms with E-state index in [1.165, 1.54) is 6.33 Å². The van der Waals surface area contributed by atoms with Crippen molar-refractivity contribution >= 4 is 11.5 Å². The zero-order valence-electron chi connectivity index (χ0n) is 10.2. The number of anilines is 2. The number of ether oxygens (including phenoxy) is 2. The minimum Gasteiger partial charge on any atom is -0.476 e. The maximum absolute atomic E-state index is 5.95. The lowest BCUT2D eigenvalue weighted by Gasteiger charge is -2.25. The van der Waals surface area contributed by atoms with Crippen LogP contribution in [0.2, 0.25) is 0 Å². The highest BCUT2D eigenvalue weighted by molar-refractivity contribution is 5.67. The van der Waals surface area contributed by atoms with Crippen LogP contribution in [0.1, 0.15) is 20.3 Å². The molecule has 1 aliphatic rings. The monoisotopic (exact) mass is 238 g/mol. The predicted molar refractivity (Wildman–Crippen MR) is 65.1 cm³/mol. The quantitative estimate of drug-likeness (QED) is 0.815. The number of nitrogen functional groups attached to an aromatic ring is 1. The van der Waals surface area contributed by atoms with Gasteiger partial charge in [-0.15, -0.1) is 0 Å². The summed E-state index contributed by atoms with van der Waals surface area (Å²) in [6.45, 7) is 5.91. The Kier molecular flexibility index (Phi) is 3.33. The van der Waals surface area contributed by atoms with Crippen LogP contribution < -0.4 is 15.8 Å². The van der Waals surface area contributed by atoms with Crippen molar-refractivity contribution < 1.29 is 9.47 Å². The van der Waals surface area contributed by atoms with E-state index in [2.05, 4.69) is 22.2 Å². The van der Waals surface area contributed by atoms with Crippen molar-refractivity contribution in [3.63, 3.8) is 0 Å². The Morgan fingerprint density at radius 2 is 2.41 bits per heavy atom. The molecule has 1 aliphatic heterocycles. The standard InChI is InChI=1S/C11H18N4O2/c1-3-17-10-8(12)9(13-7-14-10)15-11(2)4-5-16-6-11/h7H,3-6,12H2,1-2H3,(H,13,14,15). The van der Waals surface area contributed by atoms with E-state index in [1.807, 2.05) is 6.92 Å². The van der Waals surface area contributed by atoms with Gasteiger partial charge in [-0.05, 0) is 20.3 Å². The lowest BCUT2D eigenvalue weighted by Crippen LogP contribution is -2.35. The zero-order valence-corrected chi connectivity index (χ0v) is 10.2. The van der Waals surface area contributed by atoms with Crippen molar-refractivity contribution in [3.8, 4) is 5.88 Å². The van der Waals surface area contributed by atoms with Crippen LogP contribution in [-0.4, -0.2) is 35.3 Å². The largest absolute Gasteiger partial charge is 0.476 e. The Morgan fingerprint density at radius 3 is 3.06 bits per heavy atom. The summed E-state index contributed by atoms with van der Waals surface area (Å²) in [5.41, 5.74) is 6.28. The molecule has 1 atom stereocenters. The van der Waals surface area contributed by atoms with Gasteiger partial charge in [-0.2, -0.15) is 4.98 Å². The Balaban J connectivity index is 2.18. The van der Waals surface area contributed by atoms with Crippen molar-refractivity contribution in [2.45, 2.75) is 25.8 Å². The van der Waals surface area contributed by atoms with E-state index < -0.39 is 0 Å². The summed E-state index contributed by atoms with van der Waals surface area (Å²) in [6, 6.07) is 0. The first-order chi connectivity index (χ1) is 8.14. The van der Waals surface area contributed by atoms with E-state index in [4.69, 9.17) is 15.2 Å². The molecule has 2 rings (SSSR count). The third-order valence-electron chi connectivity index (χ3n) is 2.77. The molecule has 0 radical (unpaired) electrons. The van der Waals surface area contributed by atoms with Crippen molar-refractivity contribution in [1.29, 1.82) is 0 Å². The number of nitrogens with two attached hydrogens (primary N) is 1. The maximum atomic E-state index is 5.95. The van der Waals surface area contributed by atoms with Crippen LogP contribution in [0.5, 0.6) is 5.88 Å². The Hall–Kier alpha value is -1.56. The van der Waals surface area contributed by atoms with Crippen LogP contribution in [0.4, 0.5) is 11.5 Å². The number of nitrogens with one attached hydrogen (secondary N) is 1. The molecule has 1 aromatic rings. The Bertz CT molecular complexity index is 391. The summed E-state index contributed by atoms with van der Waals surface area (Å²) in [4.78, 5) is 8.14. The molecule has 0 amide bonds. The van der Waals surface area contributed by atoms with Gasteiger partial charge in [0, 0.05) is 6.61 Å². The molecule has 3 N–H and O–H groups in total. The highest BCUT2D eigenvalue weighted by Gasteiger charge is 2.30. The Morgan fingerprint density at radius 1 is 1.59 bits per heavy atom. The second-order valence-corrected chi connectivity index (χ2v) is 4.36. The van der Waals surface area contributed by atoms with Gasteiger partial charge in [-0.1, -0.05) is 0 Å². The number of hydrogen-bond donors (Lipinski definition) is 2. The van der Waals surface area contributed by atoms with Crippen molar-refractivity contribution in [2.75, 3.05) is 30.9 Å². The molecule has 6 heteroatoms. The molecule has 1 aromatic heterocycles. The van der Waals surface area contributed by atoms with Crippen LogP contribution in [0.25, 0.3) is 0 Å². The van der Waals surface area contributed by atoms with E-state index in [9.17, 15) is 0 Å². The normalized spacial score (nSPS) is 23.6. The number of aromatic nitrogens is 2. The van der Waals surface area contributed by atoms with Gasteiger partial charge in [0.25, 0.3) is 0 Å². The molecule has 0 saturated carbocycles. The Labute approximate surface area is 101 Å². The average molecular weight is 238 g/mol. The minimum absolute atomic E-state index is 0.119. The van der Waals surface area contributed by atoms with Crippen molar-refractivity contribution in [1.82, 2.24) is 9.97 Å². The van der Waals surface area contributed by atoms with Gasteiger partial charge < -0.3 is 20.5 Å². The summed E-state index contributed by atoms with van der Waals surface area (Å²) in [7, 11) is 0. The van der Waals surface area contributed by atoms with E-state index in [1.54, 1.807) is 0 Å². The smallest absolute Gasteiger partial charge is 0.242 e. The van der Waals surface area contributed by atoms with E-state index in [-0.39, 0.29) is 5.54 Å². The van der Waals surface area contributed by atoms with Crippen LogP contribution in [-0.2, 0) is 4.74 Å². The predicted octanol–water partition coefficient (Wildman–Crippen LogP) is 1.05. The second-order valence-electron chi connectivity index (χ2n) is 4.36. The molecular weight excluding hydrogens is 220 g/mol. The fourth-order valence-electron chi connectivity index (χ4n) is 1.78. The highest BCUT2D eigenvalue weighted by atomic mass is 16.5. The molecule has 2 heterocycles. The summed E-state index contributed by atoms with van der Waals surface area (Å²) < 4.78 is 10.7. The molecule has 0 aromatic carbocycles. The molecule has 6 nitrogen and oxygen atoms in total. The first-order valence-corrected chi connectivity index (χ1v) is 5.74. The number of hydrogen-bond acceptors (Lipinski definition) is 6. The molecule has 1 fully saturated rings. The van der Waals surface area contributed by atoms with E-state index in [0.717, 1.165) is 13.0 Å². The molecule has 0 bridgehead atoms. The zero-order chi connectivity index (χ0) is 12.3. The summed E-state index contributed by atoms with van der Waals surface area (Å²) >= 11 is 0. The molecule has 17 heavy (non-hydrogen) atoms. The molecule has 94 valence electrons. The fourth-order valence-corrected chi connectivity index (χ4v) is 1.78. The van der Waals surface area contributed by atoms with Crippen LogP contribution in [0.3, 0.4) is 0 Å². The lowest BCUT2D eigenvalue weighted by atomic mass is 10.0. The topological polar surface area (TPSA) is 82.3 Å². The molecule has 1 unspecified atom stereocenters. The highest BCUT2D eigenvalue weighted by Crippen LogP contribution is 2.29. The minimum atomic E-state index is -0.119. The number of rotatable bonds is 4. The van der Waals surface area contributed by atoms with E-state index in [0.29, 0.717) is 30.6 Å². The summed E-state index contributed by atoms with van der Waals surface area (Å²) in [5.74, 6) is 1.03. The van der Waals surface area contributed by atoms with Crippen LogP contribution in [0.15, 0.2) is 6.33 Å². The third-order valence-corrected chi connectivity index (χ3v) is 2.77. The second kappa shape index (κ2) is 4.75. The molecule has 0 aliphatic carbocycles. The maximum Gasteiger partial charge on any atom is 0.242 e. The lowest BCUT2D eigenvalue weighted by molar-refractivity contribution is 0.185. The van der Waals surface area contributed by atoms with Crippen molar-refractivity contribution in [2.24, 2.45) is 0 Å². The van der Waals surface area contributed by atoms with Gasteiger partial charge in [0.1, 0.15) is 12.0 Å². The van der Waals surface area contributed by atoms with Gasteiger partial charge in [0.2, 0.25) is 5.88 Å². The van der Waals surface area contributed by atoms with Gasteiger partial charge in [0.15, 0.2) is 5.82 Å². The first kappa shape index (κ1) is 11.9. The molecular formula is C11H18N4O2. The van der Waals surface area contributed by atoms with Crippen LogP contribution in [0, 0.1) is 0 Å². The van der Waals surface area contributed by atoms with Crippen LogP contribution >= 0.6 is 0 Å². The van der Waals surface area contributed by atoms with Gasteiger partial charge in [-0.25, -0.2) is 4.98 Å². The van der Waals surface area contributed by atoms with Gasteiger partial charge in [0.05, 0.1) is 18.8 Å². The number of nitrogens with zero attached hydrogens (tertiary/aromatic N) is 2. The SMILES string of the molecule is CCOc1ncnc(NC2(C)CCOC2)c1N. The van der Waals surface area contributed by atoms with Gasteiger partial charge in [-0.3, -0.25) is 0 Å². The van der Waals surface area contributed by atoms with E-state index >= 15 is 0 Å². The fraction of sp³-hybridized carbons (Fsp3) is 0.636. The summed E-state index contributed by atoms with van der Waals surface area (Å²) in [6.07, 6.45) is 2.38. The third kappa shape index (κ3) is 2.58. The average Bonchev–Trinajstić information content (AvgIpc) is 2.71. The molecule has 1 saturated heterocycles. The summed E-state index contributed by atoms with van der Waals surface area (Å²) in [5, 5.41) is 3.30. The first-order valence-electron chi connectivity index (χ1n) is 5.74.